The summed E-state index contributed by atoms with van der Waals surface area (Å²) >= 11 is 0. The van der Waals surface area contributed by atoms with Gasteiger partial charge in [0.05, 0.1) is 0 Å². The number of phenols is 1. The van der Waals surface area contributed by atoms with Gasteiger partial charge in [-0.25, -0.2) is 0 Å². The molecule has 2 saturated heterocycles. The number of imide groups is 1. The van der Waals surface area contributed by atoms with E-state index in [1.165, 1.54) is 0 Å². The number of anilines is 1. The number of hydrogen-bond donors (Lipinski definition) is 3. The maximum absolute atomic E-state index is 11.8. The number of carbonyl (C=O) groups is 2. The zero-order valence-corrected chi connectivity index (χ0v) is 9.06. The van der Waals surface area contributed by atoms with Gasteiger partial charge in [0.2, 0.25) is 5.91 Å². The van der Waals surface area contributed by atoms with E-state index in [2.05, 4.69) is 10.6 Å². The molecular formula is C12H12N2O3. The quantitative estimate of drug-likeness (QED) is 0.515. The fourth-order valence-corrected chi connectivity index (χ4v) is 2.47. The maximum atomic E-state index is 11.8. The highest BCUT2D eigenvalue weighted by Gasteiger charge is 2.57. The zero-order chi connectivity index (χ0) is 12.0. The third-order valence-electron chi connectivity index (χ3n) is 3.48. The second-order valence-corrected chi connectivity index (χ2v) is 4.68. The van der Waals surface area contributed by atoms with E-state index in [0.717, 1.165) is 5.69 Å². The largest absolute Gasteiger partial charge is 0.508 e. The van der Waals surface area contributed by atoms with Crippen molar-refractivity contribution in [3.05, 3.63) is 24.3 Å². The summed E-state index contributed by atoms with van der Waals surface area (Å²) in [6.07, 6.45) is 1.11. The van der Waals surface area contributed by atoms with Crippen LogP contribution < -0.4 is 10.6 Å². The number of aromatic hydroxyl groups is 1. The normalized spacial score (nSPS) is 30.5. The van der Waals surface area contributed by atoms with Crippen LogP contribution in [0.25, 0.3) is 0 Å². The van der Waals surface area contributed by atoms with E-state index in [0.29, 0.717) is 12.8 Å². The van der Waals surface area contributed by atoms with Gasteiger partial charge in [0, 0.05) is 11.6 Å². The lowest BCUT2D eigenvalue weighted by Crippen LogP contribution is -2.69. The monoisotopic (exact) mass is 232 g/mol. The highest BCUT2D eigenvalue weighted by molar-refractivity contribution is 6.08. The Bertz CT molecular complexity index is 489. The third kappa shape index (κ3) is 1.46. The Labute approximate surface area is 97.8 Å². The highest BCUT2D eigenvalue weighted by Crippen LogP contribution is 2.43. The number of amides is 2. The van der Waals surface area contributed by atoms with Crippen LogP contribution in [0.4, 0.5) is 5.69 Å². The fourth-order valence-electron chi connectivity index (χ4n) is 2.47. The van der Waals surface area contributed by atoms with Gasteiger partial charge in [-0.3, -0.25) is 14.9 Å². The number of hydrogen-bond acceptors (Lipinski definition) is 4. The lowest BCUT2D eigenvalue weighted by Gasteiger charge is -2.50. The van der Waals surface area contributed by atoms with Crippen molar-refractivity contribution < 1.29 is 14.7 Å². The van der Waals surface area contributed by atoms with Crippen molar-refractivity contribution in [2.75, 3.05) is 5.32 Å². The number of piperidine rings is 2. The summed E-state index contributed by atoms with van der Waals surface area (Å²) in [6, 6.07) is 6.53. The molecule has 0 spiro atoms. The predicted molar refractivity (Wildman–Crippen MR) is 60.3 cm³/mol. The average molecular weight is 232 g/mol. The molecule has 17 heavy (non-hydrogen) atoms. The van der Waals surface area contributed by atoms with Crippen molar-refractivity contribution in [2.24, 2.45) is 5.92 Å². The Morgan fingerprint density at radius 1 is 1.24 bits per heavy atom. The molecule has 2 aliphatic heterocycles. The van der Waals surface area contributed by atoms with E-state index < -0.39 is 5.54 Å². The maximum Gasteiger partial charge on any atom is 0.252 e. The summed E-state index contributed by atoms with van der Waals surface area (Å²) < 4.78 is 0. The smallest absolute Gasteiger partial charge is 0.252 e. The second kappa shape index (κ2) is 3.23. The Morgan fingerprint density at radius 2 is 1.88 bits per heavy atom. The number of benzene rings is 1. The standard InChI is InChI=1S/C12H12N2O3/c15-9-3-1-8(2-4-9)14-12-5-7(6-12)10(16)13-11(12)17/h1-4,7,14-15H,5-6H2,(H,13,16,17). The SMILES string of the molecule is O=C1NC(=O)C2(Nc3ccc(O)cc3)CC1C2. The molecule has 4 rings (SSSR count). The minimum atomic E-state index is -0.643. The molecule has 3 fully saturated rings. The van der Waals surface area contributed by atoms with E-state index in [4.69, 9.17) is 0 Å². The highest BCUT2D eigenvalue weighted by atomic mass is 16.3. The molecule has 0 unspecified atom stereocenters. The van der Waals surface area contributed by atoms with Gasteiger partial charge in [-0.2, -0.15) is 0 Å². The van der Waals surface area contributed by atoms with Crippen LogP contribution in [-0.4, -0.2) is 22.5 Å². The second-order valence-electron chi connectivity index (χ2n) is 4.68. The summed E-state index contributed by atoms with van der Waals surface area (Å²) in [6.45, 7) is 0. The van der Waals surface area contributed by atoms with Crippen LogP contribution in [0, 0.1) is 5.92 Å². The van der Waals surface area contributed by atoms with E-state index in [-0.39, 0.29) is 23.5 Å². The Kier molecular flexibility index (Phi) is 1.92. The van der Waals surface area contributed by atoms with Gasteiger partial charge in [-0.15, -0.1) is 0 Å². The molecule has 2 heterocycles. The van der Waals surface area contributed by atoms with Crippen LogP contribution in [0.1, 0.15) is 12.8 Å². The first-order valence-electron chi connectivity index (χ1n) is 5.52. The zero-order valence-electron chi connectivity index (χ0n) is 9.06. The molecule has 0 radical (unpaired) electrons. The van der Waals surface area contributed by atoms with Crippen molar-refractivity contribution in [2.45, 2.75) is 18.4 Å². The first-order chi connectivity index (χ1) is 8.09. The summed E-state index contributed by atoms with van der Waals surface area (Å²) in [5.74, 6) is -0.275. The Hall–Kier alpha value is -2.04. The molecule has 5 heteroatoms. The molecule has 88 valence electrons. The van der Waals surface area contributed by atoms with E-state index in [9.17, 15) is 14.7 Å². The van der Waals surface area contributed by atoms with Crippen LogP contribution >= 0.6 is 0 Å². The summed E-state index contributed by atoms with van der Waals surface area (Å²) in [5.41, 5.74) is 0.126. The van der Waals surface area contributed by atoms with Crippen LogP contribution in [0.3, 0.4) is 0 Å². The third-order valence-corrected chi connectivity index (χ3v) is 3.48. The lowest BCUT2D eigenvalue weighted by molar-refractivity contribution is -0.148. The number of fused-ring (bicyclic) bond motifs is 2. The van der Waals surface area contributed by atoms with E-state index in [1.807, 2.05) is 0 Å². The first kappa shape index (κ1) is 10.1. The number of carbonyl (C=O) groups excluding carboxylic acids is 2. The molecule has 1 aromatic rings. The minimum Gasteiger partial charge on any atom is -0.508 e. The van der Waals surface area contributed by atoms with Gasteiger partial charge in [0.15, 0.2) is 0 Å². The van der Waals surface area contributed by atoms with Crippen molar-refractivity contribution in [1.29, 1.82) is 0 Å². The molecule has 2 amide bonds. The molecule has 0 aromatic heterocycles. The van der Waals surface area contributed by atoms with Crippen LogP contribution in [0.5, 0.6) is 5.75 Å². The van der Waals surface area contributed by atoms with Crippen LogP contribution in [-0.2, 0) is 9.59 Å². The molecule has 1 aliphatic carbocycles. The lowest BCUT2D eigenvalue weighted by atomic mass is 9.64. The topological polar surface area (TPSA) is 78.4 Å². The van der Waals surface area contributed by atoms with Gasteiger partial charge in [0.1, 0.15) is 11.3 Å². The molecule has 0 atom stereocenters. The molecule has 5 nitrogen and oxygen atoms in total. The number of phenolic OH excluding ortho intramolecular Hbond substituents is 1. The van der Waals surface area contributed by atoms with Gasteiger partial charge in [-0.05, 0) is 37.1 Å². The van der Waals surface area contributed by atoms with Gasteiger partial charge >= 0.3 is 0 Å². The molecule has 2 bridgehead atoms. The molecule has 1 saturated carbocycles. The molecule has 3 aliphatic rings. The summed E-state index contributed by atoms with van der Waals surface area (Å²) in [4.78, 5) is 23.1. The van der Waals surface area contributed by atoms with Crippen molar-refractivity contribution >= 4 is 17.5 Å². The molecule has 3 N–H and O–H groups in total. The van der Waals surface area contributed by atoms with Crippen molar-refractivity contribution in [3.63, 3.8) is 0 Å². The van der Waals surface area contributed by atoms with Crippen molar-refractivity contribution in [1.82, 2.24) is 5.32 Å². The fraction of sp³-hybridized carbons (Fsp3) is 0.333. The Balaban J connectivity index is 1.80. The number of nitrogens with one attached hydrogen (secondary N) is 2. The number of rotatable bonds is 2. The van der Waals surface area contributed by atoms with E-state index >= 15 is 0 Å². The predicted octanol–water partition coefficient (Wildman–Crippen LogP) is 0.609. The van der Waals surface area contributed by atoms with E-state index in [1.54, 1.807) is 24.3 Å². The molecular weight excluding hydrogens is 220 g/mol. The van der Waals surface area contributed by atoms with Crippen LogP contribution in [0.2, 0.25) is 0 Å². The average Bonchev–Trinajstić information content (AvgIpc) is 2.23. The Morgan fingerprint density at radius 3 is 2.47 bits per heavy atom. The van der Waals surface area contributed by atoms with Gasteiger partial charge in [0.25, 0.3) is 5.91 Å². The summed E-state index contributed by atoms with van der Waals surface area (Å²) in [7, 11) is 0. The van der Waals surface area contributed by atoms with Gasteiger partial charge in [-0.1, -0.05) is 0 Å². The first-order valence-corrected chi connectivity index (χ1v) is 5.52. The van der Waals surface area contributed by atoms with Crippen molar-refractivity contribution in [3.8, 4) is 5.75 Å². The van der Waals surface area contributed by atoms with Crippen LogP contribution in [0.15, 0.2) is 24.3 Å². The molecule has 1 aromatic carbocycles. The van der Waals surface area contributed by atoms with Gasteiger partial charge < -0.3 is 10.4 Å². The minimum absolute atomic E-state index is 0.0442. The summed E-state index contributed by atoms with van der Waals surface area (Å²) in [5, 5.41) is 14.7.